The molecule has 2 saturated heterocycles. The van der Waals surface area contributed by atoms with Crippen molar-refractivity contribution in [1.29, 1.82) is 0 Å². The maximum absolute atomic E-state index is 7.11. The molecule has 4 aromatic rings. The number of aromatic nitrogens is 2. The highest BCUT2D eigenvalue weighted by atomic mass is 35.5. The molecule has 2 aliphatic heterocycles. The van der Waals surface area contributed by atoms with Gasteiger partial charge in [-0.25, -0.2) is 4.98 Å². The summed E-state index contributed by atoms with van der Waals surface area (Å²) >= 11 is 18.3. The van der Waals surface area contributed by atoms with Gasteiger partial charge in [-0.3, -0.25) is 4.98 Å². The minimum Gasteiger partial charge on any atom is -0.496 e. The summed E-state index contributed by atoms with van der Waals surface area (Å²) < 4.78 is 11.5. The molecule has 0 unspecified atom stereocenters. The van der Waals surface area contributed by atoms with Gasteiger partial charge in [0.15, 0.2) is 0 Å². The van der Waals surface area contributed by atoms with Gasteiger partial charge in [0.2, 0.25) is 5.88 Å². The molecule has 0 spiro atoms. The van der Waals surface area contributed by atoms with Gasteiger partial charge in [0.05, 0.1) is 35.7 Å². The Morgan fingerprint density at radius 3 is 2.04 bits per heavy atom. The number of ether oxygens (including phenoxy) is 2. The van der Waals surface area contributed by atoms with Crippen LogP contribution in [0.5, 0.6) is 11.6 Å². The van der Waals surface area contributed by atoms with Crippen molar-refractivity contribution >= 4 is 46.7 Å². The Morgan fingerprint density at radius 2 is 1.37 bits per heavy atom. The second-order valence-corrected chi connectivity index (χ2v) is 14.8. The van der Waals surface area contributed by atoms with Crippen LogP contribution in [0.4, 0.5) is 0 Å². The molecule has 2 aromatic heterocycles. The summed E-state index contributed by atoms with van der Waals surface area (Å²) in [7, 11) is 3.37. The molecule has 2 aromatic carbocycles. The van der Waals surface area contributed by atoms with Crippen molar-refractivity contribution in [1.82, 2.24) is 20.6 Å². The van der Waals surface area contributed by atoms with Crippen LogP contribution >= 0.6 is 46.7 Å². The van der Waals surface area contributed by atoms with Gasteiger partial charge in [0.25, 0.3) is 0 Å². The highest BCUT2D eigenvalue weighted by Gasteiger charge is 2.20. The van der Waals surface area contributed by atoms with Gasteiger partial charge in [-0.15, -0.1) is 0 Å². The number of nitrogens with one attached hydrogen (secondary N) is 2. The molecule has 2 fully saturated rings. The van der Waals surface area contributed by atoms with Crippen molar-refractivity contribution in [3.05, 3.63) is 82.0 Å². The number of hydrogen-bond donors (Lipinski definition) is 2. The van der Waals surface area contributed by atoms with E-state index in [1.54, 1.807) is 20.4 Å². The number of hydrogen-bond acceptors (Lipinski definition) is 8. The molecule has 6 rings (SSSR count). The molecule has 0 atom stereocenters. The molecule has 4 heterocycles. The first-order valence-corrected chi connectivity index (χ1v) is 18.9. The predicted molar refractivity (Wildman–Crippen MR) is 196 cm³/mol. The average molecular weight is 696 g/mol. The predicted octanol–water partition coefficient (Wildman–Crippen LogP) is 8.77. The molecule has 0 saturated carbocycles. The Labute approximate surface area is 290 Å². The molecule has 0 bridgehead atoms. The van der Waals surface area contributed by atoms with Crippen molar-refractivity contribution in [3.63, 3.8) is 0 Å². The van der Waals surface area contributed by atoms with Crippen LogP contribution in [0, 0.1) is 0 Å². The second kappa shape index (κ2) is 16.1. The highest BCUT2D eigenvalue weighted by molar-refractivity contribution is 7.99. The van der Waals surface area contributed by atoms with Crippen molar-refractivity contribution in [3.8, 4) is 45.3 Å². The zero-order valence-electron chi connectivity index (χ0n) is 26.3. The zero-order valence-corrected chi connectivity index (χ0v) is 29.4. The molecule has 0 radical (unpaired) electrons. The maximum atomic E-state index is 7.11. The summed E-state index contributed by atoms with van der Waals surface area (Å²) in [6, 6.07) is 19.2. The minimum absolute atomic E-state index is 0.530. The summed E-state index contributed by atoms with van der Waals surface area (Å²) in [6.45, 7) is 1.48. The molecule has 46 heavy (non-hydrogen) atoms. The fourth-order valence-electron chi connectivity index (χ4n) is 6.07. The van der Waals surface area contributed by atoms with E-state index in [-0.39, 0.29) is 0 Å². The van der Waals surface area contributed by atoms with Crippen LogP contribution in [0.25, 0.3) is 33.6 Å². The third-order valence-electron chi connectivity index (χ3n) is 8.75. The van der Waals surface area contributed by atoms with Crippen LogP contribution < -0.4 is 20.1 Å². The van der Waals surface area contributed by atoms with E-state index in [1.165, 1.54) is 48.7 Å². The molecular formula is C36H40Cl2N4O2S2. The second-order valence-electron chi connectivity index (χ2n) is 11.6. The van der Waals surface area contributed by atoms with Gasteiger partial charge in [0.1, 0.15) is 5.75 Å². The van der Waals surface area contributed by atoms with Crippen LogP contribution in [-0.4, -0.2) is 59.3 Å². The van der Waals surface area contributed by atoms with Crippen LogP contribution in [0.1, 0.15) is 36.8 Å². The monoisotopic (exact) mass is 694 g/mol. The van der Waals surface area contributed by atoms with E-state index in [0.717, 1.165) is 57.9 Å². The lowest BCUT2D eigenvalue weighted by molar-refractivity contribution is 0.387. The Morgan fingerprint density at radius 1 is 0.739 bits per heavy atom. The van der Waals surface area contributed by atoms with Crippen molar-refractivity contribution in [2.75, 3.05) is 37.2 Å². The highest BCUT2D eigenvalue weighted by Crippen LogP contribution is 2.42. The van der Waals surface area contributed by atoms with Crippen molar-refractivity contribution < 1.29 is 9.47 Å². The van der Waals surface area contributed by atoms with Gasteiger partial charge >= 0.3 is 0 Å². The summed E-state index contributed by atoms with van der Waals surface area (Å²) in [5.41, 5.74) is 6.88. The Bertz CT molecular complexity index is 1520. The van der Waals surface area contributed by atoms with E-state index in [9.17, 15) is 0 Å². The van der Waals surface area contributed by atoms with Gasteiger partial charge in [-0.05, 0) is 66.9 Å². The first kappa shape index (κ1) is 33.4. The van der Waals surface area contributed by atoms with Gasteiger partial charge in [-0.1, -0.05) is 59.6 Å². The summed E-state index contributed by atoms with van der Waals surface area (Å²) in [5.74, 6) is 6.27. The van der Waals surface area contributed by atoms with Crippen LogP contribution in [-0.2, 0) is 13.1 Å². The van der Waals surface area contributed by atoms with Crippen molar-refractivity contribution in [2.45, 2.75) is 50.9 Å². The lowest BCUT2D eigenvalue weighted by Crippen LogP contribution is -2.32. The largest absolute Gasteiger partial charge is 0.496 e. The minimum atomic E-state index is 0.530. The maximum Gasteiger partial charge on any atom is 0.218 e. The van der Waals surface area contributed by atoms with E-state index in [0.29, 0.717) is 33.7 Å². The van der Waals surface area contributed by atoms with E-state index in [4.69, 9.17) is 37.7 Å². The number of thioether (sulfide) groups is 2. The summed E-state index contributed by atoms with van der Waals surface area (Å²) in [5, 5.41) is 8.48. The third-order valence-corrected chi connectivity index (χ3v) is 11.6. The van der Waals surface area contributed by atoms with Crippen LogP contribution in [0.3, 0.4) is 0 Å². The molecule has 6 nitrogen and oxygen atoms in total. The Balaban J connectivity index is 1.24. The smallest absolute Gasteiger partial charge is 0.218 e. The fraction of sp³-hybridized carbons (Fsp3) is 0.389. The number of methoxy groups -OCH3 is 2. The average Bonchev–Trinajstić information content (AvgIpc) is 3.11. The first-order valence-electron chi connectivity index (χ1n) is 15.8. The fourth-order valence-corrected chi connectivity index (χ4v) is 8.93. The number of benzene rings is 2. The topological polar surface area (TPSA) is 68.3 Å². The molecule has 2 aliphatic rings. The van der Waals surface area contributed by atoms with E-state index in [2.05, 4.69) is 33.8 Å². The number of pyridine rings is 2. The van der Waals surface area contributed by atoms with E-state index >= 15 is 0 Å². The molecule has 0 aliphatic carbocycles. The van der Waals surface area contributed by atoms with Crippen LogP contribution in [0.2, 0.25) is 10.0 Å². The lowest BCUT2D eigenvalue weighted by atomic mass is 9.99. The number of halogens is 2. The quantitative estimate of drug-likeness (QED) is 0.162. The molecule has 0 amide bonds. The molecular weight excluding hydrogens is 655 g/mol. The van der Waals surface area contributed by atoms with Gasteiger partial charge in [0, 0.05) is 64.8 Å². The third kappa shape index (κ3) is 7.80. The van der Waals surface area contributed by atoms with E-state index < -0.39 is 0 Å². The summed E-state index contributed by atoms with van der Waals surface area (Å²) in [6.07, 6.45) is 6.56. The standard InChI is InChI=1S/C36H40Cl2N4O2S2/c1-43-32-20-23(6-7-24(32)21-40-26-11-16-45-17-12-26)35-34(38)29(10-15-39-35)28-4-3-5-30(33(28)37)31-9-8-25(36(42-31)44-2)22-41-27-13-18-46-19-14-27/h3-10,15,20,26-27,40-41H,11-14,16-19,21-22H2,1-2H3. The Hall–Kier alpha value is -2.46. The van der Waals surface area contributed by atoms with E-state index in [1.807, 2.05) is 59.9 Å². The number of nitrogens with zero attached hydrogens (tertiary/aromatic N) is 2. The summed E-state index contributed by atoms with van der Waals surface area (Å²) in [4.78, 5) is 9.53. The molecule has 242 valence electrons. The van der Waals surface area contributed by atoms with Crippen molar-refractivity contribution in [2.24, 2.45) is 0 Å². The normalized spacial score (nSPS) is 16.0. The lowest BCUT2D eigenvalue weighted by Gasteiger charge is -2.23. The number of rotatable bonds is 11. The van der Waals surface area contributed by atoms with Gasteiger partial charge < -0.3 is 20.1 Å². The molecule has 2 N–H and O–H groups in total. The zero-order chi connectivity index (χ0) is 31.9. The molecule has 10 heteroatoms. The first-order chi connectivity index (χ1) is 22.6. The van der Waals surface area contributed by atoms with Crippen LogP contribution in [0.15, 0.2) is 60.8 Å². The SMILES string of the molecule is COc1cc(-c2nccc(-c3cccc(-c4ccc(CNC5CCSCC5)c(OC)n4)c3Cl)c2Cl)ccc1CNC1CCSCC1. The Kier molecular flexibility index (Phi) is 11.7. The van der Waals surface area contributed by atoms with Gasteiger partial charge in [-0.2, -0.15) is 23.5 Å².